The van der Waals surface area contributed by atoms with Gasteiger partial charge in [0.25, 0.3) is 0 Å². The van der Waals surface area contributed by atoms with E-state index in [1.165, 1.54) is 23.0 Å². The summed E-state index contributed by atoms with van der Waals surface area (Å²) >= 11 is 0. The zero-order valence-corrected chi connectivity index (χ0v) is 13.6. The molecule has 23 heavy (non-hydrogen) atoms. The van der Waals surface area contributed by atoms with Crippen LogP contribution in [0, 0.1) is 5.82 Å². The molecule has 1 aromatic heterocycles. The third-order valence-corrected chi connectivity index (χ3v) is 3.58. The maximum absolute atomic E-state index is 13.0. The number of para-hydroxylation sites is 1. The fourth-order valence-corrected chi connectivity index (χ4v) is 2.44. The number of aliphatic imine (C=N–C) groups is 1. The van der Waals surface area contributed by atoms with Crippen molar-refractivity contribution in [2.45, 2.75) is 0 Å². The molecule has 2 nitrogen and oxygen atoms in total. The van der Waals surface area contributed by atoms with Crippen molar-refractivity contribution >= 4 is 35.6 Å². The first-order chi connectivity index (χ1) is 10.7. The highest BCUT2D eigenvalue weighted by Gasteiger charge is 2.01. The highest BCUT2D eigenvalue weighted by molar-refractivity contribution is 5.90. The van der Waals surface area contributed by atoms with Crippen LogP contribution in [0.25, 0.3) is 17.0 Å². The van der Waals surface area contributed by atoms with Crippen molar-refractivity contribution < 1.29 is 4.39 Å². The quantitative estimate of drug-likeness (QED) is 0.608. The van der Waals surface area contributed by atoms with E-state index in [-0.39, 0.29) is 18.2 Å². The molecule has 0 aliphatic heterocycles. The van der Waals surface area contributed by atoms with Crippen LogP contribution in [0.4, 0.5) is 4.39 Å². The van der Waals surface area contributed by atoms with Crippen molar-refractivity contribution in [1.29, 1.82) is 0 Å². The lowest BCUT2D eigenvalue weighted by atomic mass is 10.2. The molecule has 0 saturated carbocycles. The number of benzene rings is 2. The van der Waals surface area contributed by atoms with Crippen LogP contribution in [0.3, 0.4) is 0 Å². The van der Waals surface area contributed by atoms with Gasteiger partial charge in [-0.25, -0.2) is 4.39 Å². The Hall–Kier alpha value is -2.39. The Morgan fingerprint density at radius 1 is 1.09 bits per heavy atom. The normalized spacial score (nSPS) is 11.4. The highest BCUT2D eigenvalue weighted by atomic mass is 35.5. The number of hydrogen-bond donors (Lipinski definition) is 0. The Morgan fingerprint density at radius 2 is 1.91 bits per heavy atom. The molecule has 3 aromatic rings. The molecule has 4 heteroatoms. The van der Waals surface area contributed by atoms with Crippen LogP contribution in [0.5, 0.6) is 0 Å². The molecule has 0 saturated heterocycles. The second kappa shape index (κ2) is 7.75. The number of nitrogens with zero attached hydrogens (tertiary/aromatic N) is 2. The van der Waals surface area contributed by atoms with Crippen molar-refractivity contribution in [3.05, 3.63) is 77.7 Å². The molecule has 118 valence electrons. The van der Waals surface area contributed by atoms with Gasteiger partial charge in [0.15, 0.2) is 0 Å². The van der Waals surface area contributed by atoms with Crippen LogP contribution in [-0.2, 0) is 7.05 Å². The molecule has 3 rings (SSSR count). The molecule has 0 atom stereocenters. The van der Waals surface area contributed by atoms with E-state index in [1.807, 2.05) is 43.6 Å². The van der Waals surface area contributed by atoms with Gasteiger partial charge < -0.3 is 4.57 Å². The third-order valence-electron chi connectivity index (χ3n) is 3.58. The van der Waals surface area contributed by atoms with Crippen molar-refractivity contribution in [3.63, 3.8) is 0 Å². The second-order valence-electron chi connectivity index (χ2n) is 5.14. The van der Waals surface area contributed by atoms with Crippen molar-refractivity contribution in [3.8, 4) is 0 Å². The summed E-state index contributed by atoms with van der Waals surface area (Å²) in [6.07, 6.45) is 5.67. The average molecular weight is 329 g/mol. The molecule has 1 heterocycles. The third kappa shape index (κ3) is 4.08. The molecule has 0 aliphatic rings. The lowest BCUT2D eigenvalue weighted by Crippen LogP contribution is -1.94. The summed E-state index contributed by atoms with van der Waals surface area (Å²) < 4.78 is 15.2. The second-order valence-corrected chi connectivity index (χ2v) is 5.14. The lowest BCUT2D eigenvalue weighted by Gasteiger charge is -1.98. The summed E-state index contributed by atoms with van der Waals surface area (Å²) in [5.74, 6) is -0.221. The molecular formula is C19H18ClFN2. The zero-order chi connectivity index (χ0) is 15.4. The topological polar surface area (TPSA) is 17.3 Å². The van der Waals surface area contributed by atoms with Crippen molar-refractivity contribution in [2.75, 3.05) is 6.54 Å². The van der Waals surface area contributed by atoms with Gasteiger partial charge in [0, 0.05) is 24.2 Å². The van der Waals surface area contributed by atoms with Gasteiger partial charge in [-0.05, 0) is 29.8 Å². The molecule has 0 aliphatic carbocycles. The van der Waals surface area contributed by atoms with Gasteiger partial charge >= 0.3 is 0 Å². The maximum atomic E-state index is 13.0. The molecular weight excluding hydrogens is 311 g/mol. The summed E-state index contributed by atoms with van der Waals surface area (Å²) in [5.41, 5.74) is 3.11. The Balaban J connectivity index is 0.00000192. The van der Waals surface area contributed by atoms with Crippen LogP contribution in [0.15, 0.2) is 65.7 Å². The Labute approximate surface area is 141 Å². The summed E-state index contributed by atoms with van der Waals surface area (Å²) in [6.45, 7) is 0.567. The van der Waals surface area contributed by atoms with E-state index in [0.717, 1.165) is 11.3 Å². The van der Waals surface area contributed by atoms with Crippen LogP contribution >= 0.6 is 12.4 Å². The first-order valence-corrected chi connectivity index (χ1v) is 7.20. The summed E-state index contributed by atoms with van der Waals surface area (Å²) in [6, 6.07) is 16.9. The summed E-state index contributed by atoms with van der Waals surface area (Å²) in [5, 5.41) is 1.21. The van der Waals surface area contributed by atoms with E-state index in [9.17, 15) is 4.39 Å². The first kappa shape index (κ1) is 17.0. The molecule has 0 N–H and O–H groups in total. The van der Waals surface area contributed by atoms with E-state index in [0.29, 0.717) is 6.54 Å². The van der Waals surface area contributed by atoms with Crippen LogP contribution in [-0.4, -0.2) is 17.3 Å². The fourth-order valence-electron chi connectivity index (χ4n) is 2.44. The maximum Gasteiger partial charge on any atom is 0.123 e. The van der Waals surface area contributed by atoms with Crippen LogP contribution < -0.4 is 0 Å². The van der Waals surface area contributed by atoms with E-state index >= 15 is 0 Å². The number of aryl methyl sites for hydroxylation is 1. The molecule has 0 radical (unpaired) electrons. The average Bonchev–Trinajstić information content (AvgIpc) is 2.84. The monoisotopic (exact) mass is 328 g/mol. The van der Waals surface area contributed by atoms with Crippen LogP contribution in [0.2, 0.25) is 0 Å². The van der Waals surface area contributed by atoms with E-state index in [2.05, 4.69) is 27.8 Å². The molecule has 0 fully saturated rings. The lowest BCUT2D eigenvalue weighted by molar-refractivity contribution is 0.627. The number of hydrogen-bond acceptors (Lipinski definition) is 1. The number of fused-ring (bicyclic) bond motifs is 1. The predicted octanol–water partition coefficient (Wildman–Crippen LogP) is 4.87. The molecule has 0 unspecified atom stereocenters. The van der Waals surface area contributed by atoms with E-state index < -0.39 is 0 Å². The van der Waals surface area contributed by atoms with Gasteiger partial charge in [-0.1, -0.05) is 42.5 Å². The first-order valence-electron chi connectivity index (χ1n) is 7.20. The highest BCUT2D eigenvalue weighted by Crippen LogP contribution is 2.16. The molecule has 0 spiro atoms. The minimum atomic E-state index is -0.221. The number of aromatic nitrogens is 1. The zero-order valence-electron chi connectivity index (χ0n) is 12.8. The summed E-state index contributed by atoms with van der Waals surface area (Å²) in [7, 11) is 2.03. The van der Waals surface area contributed by atoms with Gasteiger partial charge in [-0.15, -0.1) is 12.4 Å². The van der Waals surface area contributed by atoms with Crippen LogP contribution in [0.1, 0.15) is 11.3 Å². The molecule has 2 aromatic carbocycles. The smallest absolute Gasteiger partial charge is 0.123 e. The van der Waals surface area contributed by atoms with Crippen molar-refractivity contribution in [1.82, 2.24) is 4.57 Å². The van der Waals surface area contributed by atoms with E-state index in [1.54, 1.807) is 6.07 Å². The Bertz CT molecular complexity index is 849. The number of rotatable bonds is 4. The predicted molar refractivity (Wildman–Crippen MR) is 98.1 cm³/mol. The number of halogens is 2. The standard InChI is InChI=1S/C19H17FN2.ClH/c1-22-18(13-16-8-2-3-10-19(16)22)14-21-11-5-7-15-6-4-9-17(20)12-15;/h2-10,12-14H,11H2,1H3;1H/b7-5+,21-14?;. The van der Waals surface area contributed by atoms with Gasteiger partial charge in [0.05, 0.1) is 12.2 Å². The minimum absolute atomic E-state index is 0. The Morgan fingerprint density at radius 3 is 2.70 bits per heavy atom. The SMILES string of the molecule is Cl.Cn1c(C=NC/C=C/c2cccc(F)c2)cc2ccccc21. The fraction of sp³-hybridized carbons (Fsp3) is 0.105. The molecule has 0 bridgehead atoms. The largest absolute Gasteiger partial charge is 0.343 e. The van der Waals surface area contributed by atoms with E-state index in [4.69, 9.17) is 0 Å². The van der Waals surface area contributed by atoms with Crippen molar-refractivity contribution in [2.24, 2.45) is 12.0 Å². The molecule has 0 amide bonds. The summed E-state index contributed by atoms with van der Waals surface area (Å²) in [4.78, 5) is 4.41. The van der Waals surface area contributed by atoms with Gasteiger partial charge in [-0.2, -0.15) is 0 Å². The van der Waals surface area contributed by atoms with Gasteiger partial charge in [0.2, 0.25) is 0 Å². The van der Waals surface area contributed by atoms with Gasteiger partial charge in [-0.3, -0.25) is 4.99 Å². The Kier molecular flexibility index (Phi) is 5.72. The van der Waals surface area contributed by atoms with Gasteiger partial charge in [0.1, 0.15) is 5.82 Å². The minimum Gasteiger partial charge on any atom is -0.343 e.